The highest BCUT2D eigenvalue weighted by Crippen LogP contribution is 2.15. The Balaban J connectivity index is 1.91. The summed E-state index contributed by atoms with van der Waals surface area (Å²) in [7, 11) is 0. The van der Waals surface area contributed by atoms with Crippen LogP contribution in [-0.4, -0.2) is 10.7 Å². The summed E-state index contributed by atoms with van der Waals surface area (Å²) in [6.45, 7) is 0. The predicted octanol–water partition coefficient (Wildman–Crippen LogP) is 3.88. The average Bonchev–Trinajstić information content (AvgIpc) is 2.36. The Morgan fingerprint density at radius 2 is 2.00 bits per heavy atom. The highest BCUT2D eigenvalue weighted by Gasteiger charge is 1.90. The Hall–Kier alpha value is -1.43. The number of pyridine rings is 1. The van der Waals surface area contributed by atoms with Crippen LogP contribution in [0, 0.1) is 11.8 Å². The molecule has 0 aliphatic rings. The fourth-order valence-electron chi connectivity index (χ4n) is 1.26. The molecule has 0 N–H and O–H groups in total. The van der Waals surface area contributed by atoms with E-state index in [-0.39, 0.29) is 0 Å². The van der Waals surface area contributed by atoms with E-state index in [0.717, 1.165) is 16.3 Å². The van der Waals surface area contributed by atoms with Crippen molar-refractivity contribution >= 4 is 23.4 Å². The molecule has 1 heterocycles. The molecule has 0 spiro atoms. The molecule has 0 aliphatic heterocycles. The molecule has 0 fully saturated rings. The van der Waals surface area contributed by atoms with Gasteiger partial charge in [-0.2, -0.15) is 0 Å². The van der Waals surface area contributed by atoms with Gasteiger partial charge < -0.3 is 0 Å². The maximum Gasteiger partial charge on any atom is 0.0598 e. The summed E-state index contributed by atoms with van der Waals surface area (Å²) in [6.07, 6.45) is 3.57. The molecule has 0 unspecified atom stereocenters. The summed E-state index contributed by atoms with van der Waals surface area (Å²) in [5.41, 5.74) is 0.952. The molecule has 17 heavy (non-hydrogen) atoms. The molecule has 2 aromatic rings. The molecule has 3 heteroatoms. The van der Waals surface area contributed by atoms with Gasteiger partial charge in [0.05, 0.1) is 5.75 Å². The van der Waals surface area contributed by atoms with E-state index in [1.54, 1.807) is 24.2 Å². The van der Waals surface area contributed by atoms with Gasteiger partial charge in [0, 0.05) is 27.9 Å². The summed E-state index contributed by atoms with van der Waals surface area (Å²) in [5.74, 6) is 6.96. The first-order chi connectivity index (χ1) is 8.34. The highest BCUT2D eigenvalue weighted by molar-refractivity contribution is 7.99. The first-order valence-corrected chi connectivity index (χ1v) is 6.48. The molecule has 0 saturated carbocycles. The second kappa shape index (κ2) is 6.34. The summed E-state index contributed by atoms with van der Waals surface area (Å²) < 4.78 is 0. The first-order valence-electron chi connectivity index (χ1n) is 5.12. The lowest BCUT2D eigenvalue weighted by molar-refractivity contribution is 1.26. The number of hydrogen-bond donors (Lipinski definition) is 0. The van der Waals surface area contributed by atoms with Crippen LogP contribution < -0.4 is 0 Å². The fraction of sp³-hybridized carbons (Fsp3) is 0.0714. The largest absolute Gasteiger partial charge is 0.265 e. The van der Waals surface area contributed by atoms with Crippen molar-refractivity contribution in [3.63, 3.8) is 0 Å². The van der Waals surface area contributed by atoms with Crippen LogP contribution in [0.1, 0.15) is 5.56 Å². The zero-order chi connectivity index (χ0) is 11.9. The Morgan fingerprint density at radius 3 is 2.76 bits per heavy atom. The van der Waals surface area contributed by atoms with Crippen LogP contribution in [0.15, 0.2) is 53.7 Å². The smallest absolute Gasteiger partial charge is 0.0598 e. The zero-order valence-corrected chi connectivity index (χ0v) is 10.6. The van der Waals surface area contributed by atoms with Gasteiger partial charge in [-0.25, -0.2) is 0 Å². The normalized spacial score (nSPS) is 9.47. The standard InChI is InChI=1S/C14H10ClNS/c15-13-5-1-3-12(11-13)4-2-10-17-14-6-8-16-9-7-14/h1,3,5-9,11H,10H2. The molecule has 1 aromatic heterocycles. The third-order valence-electron chi connectivity index (χ3n) is 2.02. The lowest BCUT2D eigenvalue weighted by Crippen LogP contribution is -1.77. The van der Waals surface area contributed by atoms with Gasteiger partial charge in [0.25, 0.3) is 0 Å². The molecule has 2 rings (SSSR count). The number of nitrogens with zero attached hydrogens (tertiary/aromatic N) is 1. The van der Waals surface area contributed by atoms with Crippen LogP contribution >= 0.6 is 23.4 Å². The van der Waals surface area contributed by atoms with Crippen molar-refractivity contribution in [2.45, 2.75) is 4.90 Å². The Morgan fingerprint density at radius 1 is 1.18 bits per heavy atom. The van der Waals surface area contributed by atoms with Crippen molar-refractivity contribution in [2.75, 3.05) is 5.75 Å². The Kier molecular flexibility index (Phi) is 4.49. The van der Waals surface area contributed by atoms with E-state index in [1.165, 1.54) is 4.90 Å². The molecule has 1 aromatic carbocycles. The number of rotatable bonds is 2. The van der Waals surface area contributed by atoms with Crippen molar-refractivity contribution in [3.8, 4) is 11.8 Å². The number of thioether (sulfide) groups is 1. The molecule has 84 valence electrons. The lowest BCUT2D eigenvalue weighted by Gasteiger charge is -1.94. The molecule has 0 radical (unpaired) electrons. The van der Waals surface area contributed by atoms with Gasteiger partial charge in [0.2, 0.25) is 0 Å². The van der Waals surface area contributed by atoms with Gasteiger partial charge in [-0.3, -0.25) is 4.98 Å². The third kappa shape index (κ3) is 4.14. The van der Waals surface area contributed by atoms with Gasteiger partial charge in [-0.1, -0.05) is 29.5 Å². The van der Waals surface area contributed by atoms with E-state index in [4.69, 9.17) is 11.6 Å². The average molecular weight is 260 g/mol. The van der Waals surface area contributed by atoms with Gasteiger partial charge in [-0.05, 0) is 30.3 Å². The van der Waals surface area contributed by atoms with Gasteiger partial charge >= 0.3 is 0 Å². The minimum absolute atomic E-state index is 0.721. The molecular weight excluding hydrogens is 250 g/mol. The van der Waals surface area contributed by atoms with Crippen LogP contribution in [0.4, 0.5) is 0 Å². The summed E-state index contributed by atoms with van der Waals surface area (Å²) in [4.78, 5) is 5.15. The molecule has 1 nitrogen and oxygen atoms in total. The van der Waals surface area contributed by atoms with Crippen molar-refractivity contribution in [1.82, 2.24) is 4.98 Å². The maximum absolute atomic E-state index is 5.87. The van der Waals surface area contributed by atoms with Crippen LogP contribution in [-0.2, 0) is 0 Å². The number of hydrogen-bond acceptors (Lipinski definition) is 2. The Labute approximate surface area is 110 Å². The maximum atomic E-state index is 5.87. The first kappa shape index (κ1) is 12.0. The van der Waals surface area contributed by atoms with Gasteiger partial charge in [-0.15, -0.1) is 11.8 Å². The van der Waals surface area contributed by atoms with Crippen LogP contribution in [0.5, 0.6) is 0 Å². The van der Waals surface area contributed by atoms with Crippen LogP contribution in [0.3, 0.4) is 0 Å². The van der Waals surface area contributed by atoms with E-state index in [2.05, 4.69) is 16.8 Å². The van der Waals surface area contributed by atoms with Crippen molar-refractivity contribution in [2.24, 2.45) is 0 Å². The molecule has 0 bridgehead atoms. The monoisotopic (exact) mass is 259 g/mol. The summed E-state index contributed by atoms with van der Waals surface area (Å²) in [6, 6.07) is 11.5. The number of benzene rings is 1. The zero-order valence-electron chi connectivity index (χ0n) is 9.06. The van der Waals surface area contributed by atoms with Gasteiger partial charge in [0.15, 0.2) is 0 Å². The van der Waals surface area contributed by atoms with Gasteiger partial charge in [0.1, 0.15) is 0 Å². The third-order valence-corrected chi connectivity index (χ3v) is 3.15. The Bertz CT molecular complexity index is 543. The number of halogens is 1. The van der Waals surface area contributed by atoms with Crippen molar-refractivity contribution in [1.29, 1.82) is 0 Å². The molecular formula is C14H10ClNS. The van der Waals surface area contributed by atoms with E-state index in [0.29, 0.717) is 0 Å². The fourth-order valence-corrected chi connectivity index (χ4v) is 2.07. The van der Waals surface area contributed by atoms with Crippen molar-refractivity contribution < 1.29 is 0 Å². The second-order valence-electron chi connectivity index (χ2n) is 3.28. The number of aromatic nitrogens is 1. The topological polar surface area (TPSA) is 12.9 Å². The quantitative estimate of drug-likeness (QED) is 0.600. The summed E-state index contributed by atoms with van der Waals surface area (Å²) in [5, 5.41) is 0.721. The lowest BCUT2D eigenvalue weighted by atomic mass is 10.2. The molecule has 0 amide bonds. The minimum atomic E-state index is 0.721. The second-order valence-corrected chi connectivity index (χ2v) is 4.77. The van der Waals surface area contributed by atoms with E-state index < -0.39 is 0 Å². The molecule has 0 aliphatic carbocycles. The van der Waals surface area contributed by atoms with Crippen LogP contribution in [0.25, 0.3) is 0 Å². The summed E-state index contributed by atoms with van der Waals surface area (Å²) >= 11 is 7.57. The predicted molar refractivity (Wildman–Crippen MR) is 73.3 cm³/mol. The van der Waals surface area contributed by atoms with E-state index in [1.807, 2.05) is 36.4 Å². The van der Waals surface area contributed by atoms with Crippen molar-refractivity contribution in [3.05, 3.63) is 59.4 Å². The van der Waals surface area contributed by atoms with E-state index >= 15 is 0 Å². The highest BCUT2D eigenvalue weighted by atomic mass is 35.5. The molecule has 0 saturated heterocycles. The molecule has 0 atom stereocenters. The minimum Gasteiger partial charge on any atom is -0.265 e. The SMILES string of the molecule is Clc1cccc(C#CCSc2ccncc2)c1. The van der Waals surface area contributed by atoms with E-state index in [9.17, 15) is 0 Å². The van der Waals surface area contributed by atoms with Crippen LogP contribution in [0.2, 0.25) is 5.02 Å².